The molecule has 12 rings (SSSR count). The van der Waals surface area contributed by atoms with Gasteiger partial charge in [0.15, 0.2) is 0 Å². The fraction of sp³-hybridized carbons (Fsp3) is 0. The first-order chi connectivity index (χ1) is 31.7. The van der Waals surface area contributed by atoms with Crippen molar-refractivity contribution >= 4 is 88.0 Å². The maximum Gasteiger partial charge on any atom is 0.0462 e. The molecule has 0 spiro atoms. The zero-order valence-electron chi connectivity index (χ0n) is 35.1. The van der Waals surface area contributed by atoms with Crippen molar-refractivity contribution in [3.8, 4) is 22.3 Å². The molecular weight excluding hydrogens is 773 g/mol. The van der Waals surface area contributed by atoms with Gasteiger partial charge < -0.3 is 9.80 Å². The average Bonchev–Trinajstić information content (AvgIpc) is 3.36. The Bertz CT molecular complexity index is 3550. The molecule has 0 fully saturated rings. The fourth-order valence-electron chi connectivity index (χ4n) is 9.65. The Kier molecular flexibility index (Phi) is 9.20. The van der Waals surface area contributed by atoms with Gasteiger partial charge in [0, 0.05) is 34.1 Å². The quantitative estimate of drug-likeness (QED) is 0.111. The molecule has 0 aliphatic carbocycles. The highest BCUT2D eigenvalue weighted by molar-refractivity contribution is 6.20. The third kappa shape index (κ3) is 6.70. The summed E-state index contributed by atoms with van der Waals surface area (Å²) in [4.78, 5) is 4.65. The largest absolute Gasteiger partial charge is 0.311 e. The summed E-state index contributed by atoms with van der Waals surface area (Å²) in [5.74, 6) is 0. The molecular formula is C62H42N2. The first-order valence-corrected chi connectivity index (χ1v) is 22.0. The summed E-state index contributed by atoms with van der Waals surface area (Å²) in [7, 11) is 0. The molecule has 12 aromatic carbocycles. The number of hydrogen-bond acceptors (Lipinski definition) is 2. The van der Waals surface area contributed by atoms with E-state index < -0.39 is 0 Å². The molecule has 0 N–H and O–H groups in total. The summed E-state index contributed by atoms with van der Waals surface area (Å²) < 4.78 is 0. The van der Waals surface area contributed by atoms with E-state index in [1.165, 1.54) is 70.6 Å². The smallest absolute Gasteiger partial charge is 0.0462 e. The van der Waals surface area contributed by atoms with Crippen LogP contribution in [0.5, 0.6) is 0 Å². The Morgan fingerprint density at radius 3 is 1.03 bits per heavy atom. The zero-order valence-corrected chi connectivity index (χ0v) is 35.1. The minimum atomic E-state index is 1.10. The van der Waals surface area contributed by atoms with E-state index in [-0.39, 0.29) is 0 Å². The van der Waals surface area contributed by atoms with Gasteiger partial charge in [-0.25, -0.2) is 0 Å². The van der Waals surface area contributed by atoms with Crippen molar-refractivity contribution in [3.05, 3.63) is 255 Å². The highest BCUT2D eigenvalue weighted by atomic mass is 15.1. The molecule has 64 heavy (non-hydrogen) atoms. The van der Waals surface area contributed by atoms with Crippen LogP contribution in [0.1, 0.15) is 0 Å². The van der Waals surface area contributed by atoms with Gasteiger partial charge in [0.25, 0.3) is 0 Å². The molecule has 0 saturated heterocycles. The first kappa shape index (κ1) is 37.3. The second kappa shape index (κ2) is 15.8. The minimum absolute atomic E-state index is 1.10. The molecule has 0 amide bonds. The van der Waals surface area contributed by atoms with Crippen LogP contribution in [0.2, 0.25) is 0 Å². The van der Waals surface area contributed by atoms with Gasteiger partial charge in [-0.2, -0.15) is 0 Å². The van der Waals surface area contributed by atoms with Crippen molar-refractivity contribution in [2.24, 2.45) is 0 Å². The third-order valence-corrected chi connectivity index (χ3v) is 12.7. The third-order valence-electron chi connectivity index (χ3n) is 12.7. The van der Waals surface area contributed by atoms with Gasteiger partial charge >= 0.3 is 0 Å². The van der Waals surface area contributed by atoms with Gasteiger partial charge in [0.2, 0.25) is 0 Å². The van der Waals surface area contributed by atoms with Crippen LogP contribution < -0.4 is 9.80 Å². The van der Waals surface area contributed by atoms with E-state index in [2.05, 4.69) is 265 Å². The highest BCUT2D eigenvalue weighted by Gasteiger charge is 2.19. The van der Waals surface area contributed by atoms with Crippen LogP contribution in [-0.2, 0) is 0 Å². The molecule has 0 heterocycles. The van der Waals surface area contributed by atoms with Gasteiger partial charge in [-0.15, -0.1) is 0 Å². The monoisotopic (exact) mass is 814 g/mol. The number of rotatable bonds is 8. The van der Waals surface area contributed by atoms with Crippen molar-refractivity contribution in [2.45, 2.75) is 0 Å². The van der Waals surface area contributed by atoms with Crippen molar-refractivity contribution in [1.82, 2.24) is 0 Å². The lowest BCUT2D eigenvalue weighted by atomic mass is 9.86. The van der Waals surface area contributed by atoms with Crippen molar-refractivity contribution in [2.75, 3.05) is 9.80 Å². The molecule has 0 aliphatic rings. The molecule has 0 radical (unpaired) electrons. The van der Waals surface area contributed by atoms with Crippen molar-refractivity contribution in [1.29, 1.82) is 0 Å². The Labute approximate surface area is 373 Å². The second-order valence-corrected chi connectivity index (χ2v) is 16.6. The summed E-state index contributed by atoms with van der Waals surface area (Å²) in [6.07, 6.45) is 0. The second-order valence-electron chi connectivity index (χ2n) is 16.6. The summed E-state index contributed by atoms with van der Waals surface area (Å²) in [5.41, 5.74) is 11.4. The van der Waals surface area contributed by atoms with E-state index in [4.69, 9.17) is 0 Å². The summed E-state index contributed by atoms with van der Waals surface area (Å²) >= 11 is 0. The number of nitrogens with zero attached hydrogens (tertiary/aromatic N) is 2. The van der Waals surface area contributed by atoms with Crippen LogP contribution in [-0.4, -0.2) is 0 Å². The summed E-state index contributed by atoms with van der Waals surface area (Å²) in [6.45, 7) is 0. The molecule has 0 unspecified atom stereocenters. The Hall–Kier alpha value is -8.46. The van der Waals surface area contributed by atoms with Gasteiger partial charge in [-0.1, -0.05) is 146 Å². The molecule has 0 saturated carbocycles. The molecule has 0 aromatic heterocycles. The topological polar surface area (TPSA) is 6.48 Å². The lowest BCUT2D eigenvalue weighted by molar-refractivity contribution is 1.28. The first-order valence-electron chi connectivity index (χ1n) is 22.0. The number of anilines is 6. The number of para-hydroxylation sites is 4. The molecule has 0 atom stereocenters. The van der Waals surface area contributed by atoms with Gasteiger partial charge in [-0.3, -0.25) is 0 Å². The molecule has 300 valence electrons. The van der Waals surface area contributed by atoms with Crippen LogP contribution >= 0.6 is 0 Å². The zero-order chi connectivity index (χ0) is 42.4. The lowest BCUT2D eigenvalue weighted by Crippen LogP contribution is -2.09. The minimum Gasteiger partial charge on any atom is -0.311 e. The Morgan fingerprint density at radius 2 is 0.562 bits per heavy atom. The highest BCUT2D eigenvalue weighted by Crippen LogP contribution is 2.45. The van der Waals surface area contributed by atoms with Gasteiger partial charge in [-0.05, 0) is 185 Å². The van der Waals surface area contributed by atoms with Crippen LogP contribution in [0.4, 0.5) is 34.1 Å². The van der Waals surface area contributed by atoms with Gasteiger partial charge in [0.1, 0.15) is 0 Å². The Balaban J connectivity index is 1.06. The van der Waals surface area contributed by atoms with Gasteiger partial charge in [0.05, 0.1) is 0 Å². The van der Waals surface area contributed by atoms with E-state index in [1.54, 1.807) is 0 Å². The SMILES string of the molecule is c1ccc(N(c2ccccc2)c2ccc(-c3ccc4ccc5cc6cc7cc8ccccc8cc7cc6cc5c4c3-c3ccc(N(c4ccccc4)c4ccccc4)cc3)cc2)cc1. The fourth-order valence-corrected chi connectivity index (χ4v) is 9.65. The van der Waals surface area contributed by atoms with Crippen LogP contribution in [0, 0.1) is 0 Å². The van der Waals surface area contributed by atoms with E-state index >= 15 is 0 Å². The van der Waals surface area contributed by atoms with E-state index in [0.717, 1.165) is 39.7 Å². The molecule has 12 aromatic rings. The molecule has 2 nitrogen and oxygen atoms in total. The summed E-state index contributed by atoms with van der Waals surface area (Å²) in [6, 6.07) is 92.8. The van der Waals surface area contributed by atoms with E-state index in [0.29, 0.717) is 0 Å². The van der Waals surface area contributed by atoms with E-state index in [9.17, 15) is 0 Å². The summed E-state index contributed by atoms with van der Waals surface area (Å²) in [5, 5.41) is 12.5. The maximum absolute atomic E-state index is 2.43. The predicted octanol–water partition coefficient (Wildman–Crippen LogP) is 17.7. The standard InChI is InChI=1S/C62H42N2/c1-5-17-53(18-6-1)63(54-19-7-2-8-20-54)57-32-27-43(28-33-57)59-36-31-44-25-26-48-39-51-40-49-37-46-15-13-14-16-47(46)38-50(49)41-52(51)42-60(48)62(44)61(59)45-29-34-58(35-30-45)64(55-21-9-3-10-22-55)56-23-11-4-12-24-56/h1-42H. The molecule has 0 bridgehead atoms. The van der Waals surface area contributed by atoms with Crippen molar-refractivity contribution in [3.63, 3.8) is 0 Å². The number of hydrogen-bond donors (Lipinski definition) is 0. The molecule has 0 aliphatic heterocycles. The Morgan fingerprint density at radius 1 is 0.219 bits per heavy atom. The predicted molar refractivity (Wildman–Crippen MR) is 274 cm³/mol. The van der Waals surface area contributed by atoms with Crippen LogP contribution in [0.3, 0.4) is 0 Å². The number of benzene rings is 12. The lowest BCUT2D eigenvalue weighted by Gasteiger charge is -2.26. The van der Waals surface area contributed by atoms with Crippen molar-refractivity contribution < 1.29 is 0 Å². The average molecular weight is 815 g/mol. The maximum atomic E-state index is 2.43. The van der Waals surface area contributed by atoms with E-state index in [1.807, 2.05) is 0 Å². The molecule has 2 heteroatoms. The number of fused-ring (bicyclic) bond motifs is 6. The van der Waals surface area contributed by atoms with Crippen LogP contribution in [0.25, 0.3) is 76.1 Å². The normalized spacial score (nSPS) is 11.4. The van der Waals surface area contributed by atoms with Crippen LogP contribution in [0.15, 0.2) is 255 Å².